The van der Waals surface area contributed by atoms with E-state index in [9.17, 15) is 5.21 Å². The van der Waals surface area contributed by atoms with E-state index in [1.165, 1.54) is 109 Å². The first kappa shape index (κ1) is 27.9. The highest BCUT2D eigenvalue weighted by Gasteiger charge is 2.19. The zero-order valence-corrected chi connectivity index (χ0v) is 19.9. The molecule has 3 N–H and O–H groups in total. The molecule has 1 unspecified atom stereocenters. The normalized spacial score (nSPS) is 13.2. The Balaban J connectivity index is 3.37. The van der Waals surface area contributed by atoms with E-state index in [4.69, 9.17) is 5.73 Å². The van der Waals surface area contributed by atoms with Gasteiger partial charge in [-0.3, -0.25) is 0 Å². The number of hydroxylamine groups is 3. The number of quaternary nitrogens is 1. The molecule has 0 bridgehead atoms. The van der Waals surface area contributed by atoms with E-state index in [-0.39, 0.29) is 4.65 Å². The van der Waals surface area contributed by atoms with Gasteiger partial charge in [0, 0.05) is 5.92 Å². The van der Waals surface area contributed by atoms with Gasteiger partial charge in [0.25, 0.3) is 0 Å². The summed E-state index contributed by atoms with van der Waals surface area (Å²) in [6.45, 7) is 3.92. The van der Waals surface area contributed by atoms with Crippen LogP contribution in [0.3, 0.4) is 0 Å². The Kier molecular flexibility index (Phi) is 20.1. The standard InChI is InChI=1S/C25H55N2O/c1-4-5-6-7-8-9-10-11-12-13-14-15-16-17-18-19-21-25(22-20-23-26)24-27(2,3)28/h25,28H,4-24,26H2,1-3H3/q+1. The summed E-state index contributed by atoms with van der Waals surface area (Å²) < 4.78 is 0.0914. The summed E-state index contributed by atoms with van der Waals surface area (Å²) in [4.78, 5) is 0. The minimum atomic E-state index is 0.0914. The fourth-order valence-corrected chi connectivity index (χ4v) is 4.35. The third-order valence-electron chi connectivity index (χ3n) is 5.99. The highest BCUT2D eigenvalue weighted by atomic mass is 16.5. The van der Waals surface area contributed by atoms with Crippen molar-refractivity contribution in [1.82, 2.24) is 0 Å². The van der Waals surface area contributed by atoms with Gasteiger partial charge in [0.05, 0.1) is 14.1 Å². The molecule has 3 heteroatoms. The van der Waals surface area contributed by atoms with Crippen molar-refractivity contribution in [2.75, 3.05) is 27.2 Å². The number of rotatable bonds is 22. The van der Waals surface area contributed by atoms with Crippen molar-refractivity contribution in [2.45, 2.75) is 129 Å². The van der Waals surface area contributed by atoms with Gasteiger partial charge < -0.3 is 5.73 Å². The van der Waals surface area contributed by atoms with Crippen LogP contribution in [-0.4, -0.2) is 37.0 Å². The lowest BCUT2D eigenvalue weighted by Gasteiger charge is -2.25. The van der Waals surface area contributed by atoms with Crippen LogP contribution in [0.5, 0.6) is 0 Å². The molecule has 0 heterocycles. The number of hydrogen-bond acceptors (Lipinski definition) is 2. The van der Waals surface area contributed by atoms with E-state index in [1.54, 1.807) is 0 Å². The maximum atomic E-state index is 10.0. The summed E-state index contributed by atoms with van der Waals surface area (Å²) >= 11 is 0. The van der Waals surface area contributed by atoms with Crippen molar-refractivity contribution in [3.8, 4) is 0 Å². The van der Waals surface area contributed by atoms with Crippen LogP contribution in [0.2, 0.25) is 0 Å². The summed E-state index contributed by atoms with van der Waals surface area (Å²) in [6, 6.07) is 0. The molecular formula is C25H55N2O+. The highest BCUT2D eigenvalue weighted by molar-refractivity contribution is 4.60. The highest BCUT2D eigenvalue weighted by Crippen LogP contribution is 2.19. The van der Waals surface area contributed by atoms with Crippen LogP contribution in [0.4, 0.5) is 0 Å². The van der Waals surface area contributed by atoms with Gasteiger partial charge in [0.2, 0.25) is 0 Å². The molecule has 0 aromatic carbocycles. The maximum Gasteiger partial charge on any atom is 0.111 e. The van der Waals surface area contributed by atoms with Gasteiger partial charge >= 0.3 is 0 Å². The van der Waals surface area contributed by atoms with Gasteiger partial charge in [-0.1, -0.05) is 110 Å². The van der Waals surface area contributed by atoms with Crippen molar-refractivity contribution >= 4 is 0 Å². The van der Waals surface area contributed by atoms with E-state index < -0.39 is 0 Å². The van der Waals surface area contributed by atoms with Gasteiger partial charge in [-0.15, -0.1) is 0 Å². The Bertz CT molecular complexity index is 301. The molecule has 0 spiro atoms. The number of hydrogen-bond donors (Lipinski definition) is 2. The smallest absolute Gasteiger partial charge is 0.111 e. The first-order valence-corrected chi connectivity index (χ1v) is 12.8. The third kappa shape index (κ3) is 22.2. The number of unbranched alkanes of at least 4 members (excludes halogenated alkanes) is 15. The van der Waals surface area contributed by atoms with Crippen molar-refractivity contribution < 1.29 is 9.85 Å². The first-order valence-electron chi connectivity index (χ1n) is 12.8. The lowest BCUT2D eigenvalue weighted by Crippen LogP contribution is -2.40. The molecular weight excluding hydrogens is 344 g/mol. The molecule has 0 fully saturated rings. The topological polar surface area (TPSA) is 46.2 Å². The van der Waals surface area contributed by atoms with Crippen molar-refractivity contribution in [1.29, 1.82) is 0 Å². The third-order valence-corrected chi connectivity index (χ3v) is 5.99. The molecule has 28 heavy (non-hydrogen) atoms. The van der Waals surface area contributed by atoms with Crippen LogP contribution in [0.15, 0.2) is 0 Å². The average Bonchev–Trinajstić information content (AvgIpc) is 2.64. The molecule has 170 valence electrons. The Hall–Kier alpha value is -0.120. The van der Waals surface area contributed by atoms with Crippen LogP contribution in [-0.2, 0) is 0 Å². The molecule has 0 aliphatic carbocycles. The molecule has 0 saturated heterocycles. The maximum absolute atomic E-state index is 10.0. The average molecular weight is 400 g/mol. The molecule has 0 aliphatic heterocycles. The molecule has 0 rings (SSSR count). The van der Waals surface area contributed by atoms with E-state index >= 15 is 0 Å². The molecule has 0 aliphatic rings. The van der Waals surface area contributed by atoms with Gasteiger partial charge in [0.15, 0.2) is 0 Å². The number of nitrogens with zero attached hydrogens (tertiary/aromatic N) is 1. The minimum absolute atomic E-state index is 0.0914. The Labute approximate surface area is 178 Å². The number of nitrogens with two attached hydrogens (primary N) is 1. The molecule has 0 amide bonds. The van der Waals surface area contributed by atoms with Crippen LogP contribution in [0.1, 0.15) is 129 Å². The summed E-state index contributed by atoms with van der Waals surface area (Å²) in [5.74, 6) is 0.621. The van der Waals surface area contributed by atoms with E-state index in [0.29, 0.717) is 5.92 Å². The molecule has 0 saturated carbocycles. The molecule has 1 atom stereocenters. The Morgan fingerprint density at radius 3 is 1.32 bits per heavy atom. The summed E-state index contributed by atoms with van der Waals surface area (Å²) in [6.07, 6.45) is 26.3. The first-order chi connectivity index (χ1) is 13.5. The van der Waals surface area contributed by atoms with Crippen LogP contribution in [0, 0.1) is 5.92 Å². The second kappa shape index (κ2) is 20.2. The zero-order chi connectivity index (χ0) is 20.9. The SMILES string of the molecule is CCCCCCCCCCCCCCCCCCC(CCCN)C[N+](C)(C)O. The van der Waals surface area contributed by atoms with Crippen LogP contribution >= 0.6 is 0 Å². The van der Waals surface area contributed by atoms with Gasteiger partial charge in [0.1, 0.15) is 6.54 Å². The fraction of sp³-hybridized carbons (Fsp3) is 1.00. The Morgan fingerprint density at radius 1 is 0.607 bits per heavy atom. The minimum Gasteiger partial charge on any atom is -0.330 e. The largest absolute Gasteiger partial charge is 0.330 e. The molecule has 3 nitrogen and oxygen atoms in total. The summed E-state index contributed by atoms with van der Waals surface area (Å²) in [5, 5.41) is 10.0. The van der Waals surface area contributed by atoms with E-state index in [0.717, 1.165) is 25.9 Å². The van der Waals surface area contributed by atoms with E-state index in [1.807, 2.05) is 14.1 Å². The van der Waals surface area contributed by atoms with Crippen molar-refractivity contribution in [3.05, 3.63) is 0 Å². The monoisotopic (exact) mass is 399 g/mol. The second-order valence-corrected chi connectivity index (χ2v) is 9.69. The molecule has 0 aromatic rings. The van der Waals surface area contributed by atoms with E-state index in [2.05, 4.69) is 6.92 Å². The zero-order valence-electron chi connectivity index (χ0n) is 19.9. The quantitative estimate of drug-likeness (QED) is 0.113. The second-order valence-electron chi connectivity index (χ2n) is 9.69. The van der Waals surface area contributed by atoms with Crippen molar-refractivity contribution in [3.63, 3.8) is 0 Å². The van der Waals surface area contributed by atoms with Gasteiger partial charge in [-0.05, 0) is 25.8 Å². The summed E-state index contributed by atoms with van der Waals surface area (Å²) in [5.41, 5.74) is 5.66. The van der Waals surface area contributed by atoms with Crippen LogP contribution < -0.4 is 5.73 Å². The molecule has 0 aromatic heterocycles. The predicted molar refractivity (Wildman–Crippen MR) is 125 cm³/mol. The van der Waals surface area contributed by atoms with Gasteiger partial charge in [-0.25, -0.2) is 5.21 Å². The lowest BCUT2D eigenvalue weighted by molar-refractivity contribution is -1.07. The lowest BCUT2D eigenvalue weighted by atomic mass is 9.95. The van der Waals surface area contributed by atoms with Gasteiger partial charge in [-0.2, -0.15) is 4.65 Å². The predicted octanol–water partition coefficient (Wildman–Crippen LogP) is 7.46. The van der Waals surface area contributed by atoms with Crippen molar-refractivity contribution in [2.24, 2.45) is 11.7 Å². The Morgan fingerprint density at radius 2 is 0.964 bits per heavy atom. The summed E-state index contributed by atoms with van der Waals surface area (Å²) in [7, 11) is 3.76. The van der Waals surface area contributed by atoms with Crippen LogP contribution in [0.25, 0.3) is 0 Å². The molecule has 0 radical (unpaired) electrons. The fourth-order valence-electron chi connectivity index (χ4n) is 4.35.